The first-order valence-electron chi connectivity index (χ1n) is 5.98. The van der Waals surface area contributed by atoms with E-state index in [1.807, 2.05) is 35.7 Å². The third-order valence-corrected chi connectivity index (χ3v) is 2.87. The molecule has 1 amide bonds. The molecule has 3 aromatic heterocycles. The molecule has 3 aromatic rings. The van der Waals surface area contributed by atoms with Crippen molar-refractivity contribution in [3.05, 3.63) is 54.5 Å². The van der Waals surface area contributed by atoms with E-state index in [9.17, 15) is 4.79 Å². The van der Waals surface area contributed by atoms with Gasteiger partial charge in [0.2, 0.25) is 0 Å². The van der Waals surface area contributed by atoms with Gasteiger partial charge in [0.25, 0.3) is 5.91 Å². The van der Waals surface area contributed by atoms with Crippen LogP contribution in [0.5, 0.6) is 0 Å². The number of carbonyl (C=O) groups excluding carboxylic acids is 1. The molecule has 2 N–H and O–H groups in total. The van der Waals surface area contributed by atoms with Gasteiger partial charge in [-0.1, -0.05) is 6.07 Å². The van der Waals surface area contributed by atoms with Gasteiger partial charge in [-0.25, -0.2) is 9.97 Å². The van der Waals surface area contributed by atoms with Crippen LogP contribution in [0.1, 0.15) is 29.3 Å². The second kappa shape index (κ2) is 4.56. The number of aromatic amines is 1. The summed E-state index contributed by atoms with van der Waals surface area (Å²) in [7, 11) is 0. The third-order valence-electron chi connectivity index (χ3n) is 2.87. The number of pyridine rings is 1. The molecule has 3 rings (SSSR count). The largest absolute Gasteiger partial charge is 0.347 e. The number of carbonyl (C=O) groups is 1. The molecule has 96 valence electrons. The zero-order valence-electron chi connectivity index (χ0n) is 10.4. The van der Waals surface area contributed by atoms with Crippen LogP contribution in [0.2, 0.25) is 0 Å². The molecule has 19 heavy (non-hydrogen) atoms. The number of hydrogen-bond donors (Lipinski definition) is 2. The molecular weight excluding hydrogens is 242 g/mol. The Morgan fingerprint density at radius 1 is 1.47 bits per heavy atom. The Morgan fingerprint density at radius 3 is 3.11 bits per heavy atom. The monoisotopic (exact) mass is 255 g/mol. The minimum Gasteiger partial charge on any atom is -0.347 e. The van der Waals surface area contributed by atoms with E-state index in [-0.39, 0.29) is 11.9 Å². The van der Waals surface area contributed by atoms with Gasteiger partial charge < -0.3 is 14.7 Å². The van der Waals surface area contributed by atoms with Crippen LogP contribution in [-0.4, -0.2) is 25.3 Å². The van der Waals surface area contributed by atoms with Crippen molar-refractivity contribution in [2.45, 2.75) is 13.0 Å². The molecular formula is C13H13N5O. The molecule has 0 aliphatic carbocycles. The molecule has 0 radical (unpaired) electrons. The number of amides is 1. The number of fused-ring (bicyclic) bond motifs is 1. The zero-order chi connectivity index (χ0) is 13.2. The van der Waals surface area contributed by atoms with Crippen LogP contribution in [-0.2, 0) is 0 Å². The number of nitrogens with one attached hydrogen (secondary N) is 2. The molecule has 0 saturated carbocycles. The van der Waals surface area contributed by atoms with Crippen molar-refractivity contribution in [1.29, 1.82) is 0 Å². The van der Waals surface area contributed by atoms with E-state index in [1.165, 1.54) is 0 Å². The molecule has 0 fully saturated rings. The fraction of sp³-hybridized carbons (Fsp3) is 0.154. The number of nitrogens with zero attached hydrogens (tertiary/aromatic N) is 3. The van der Waals surface area contributed by atoms with Gasteiger partial charge in [-0.05, 0) is 19.1 Å². The summed E-state index contributed by atoms with van der Waals surface area (Å²) in [4.78, 5) is 23.4. The molecule has 0 aliphatic heterocycles. The summed E-state index contributed by atoms with van der Waals surface area (Å²) in [6.07, 6.45) is 6.94. The van der Waals surface area contributed by atoms with Crippen molar-refractivity contribution in [2.24, 2.45) is 0 Å². The van der Waals surface area contributed by atoms with Gasteiger partial charge in [0.05, 0.1) is 6.04 Å². The van der Waals surface area contributed by atoms with Crippen molar-refractivity contribution in [3.8, 4) is 0 Å². The van der Waals surface area contributed by atoms with Crippen molar-refractivity contribution >= 4 is 11.6 Å². The van der Waals surface area contributed by atoms with Gasteiger partial charge in [-0.3, -0.25) is 4.79 Å². The van der Waals surface area contributed by atoms with Crippen molar-refractivity contribution in [2.75, 3.05) is 0 Å². The summed E-state index contributed by atoms with van der Waals surface area (Å²) in [5.74, 6) is 0.504. The first kappa shape index (κ1) is 11.5. The number of aromatic nitrogens is 4. The number of rotatable bonds is 3. The minimum atomic E-state index is -0.215. The highest BCUT2D eigenvalue weighted by Crippen LogP contribution is 2.08. The fourth-order valence-electron chi connectivity index (χ4n) is 1.90. The maximum absolute atomic E-state index is 12.1. The molecule has 0 aromatic carbocycles. The maximum Gasteiger partial charge on any atom is 0.272 e. The van der Waals surface area contributed by atoms with Gasteiger partial charge in [0.15, 0.2) is 0 Å². The number of imidazole rings is 2. The summed E-state index contributed by atoms with van der Waals surface area (Å²) in [5, 5.41) is 2.85. The number of hydrogen-bond acceptors (Lipinski definition) is 3. The van der Waals surface area contributed by atoms with Crippen LogP contribution < -0.4 is 5.32 Å². The van der Waals surface area contributed by atoms with E-state index in [1.54, 1.807) is 18.6 Å². The smallest absolute Gasteiger partial charge is 0.272 e. The highest BCUT2D eigenvalue weighted by molar-refractivity contribution is 5.93. The second-order valence-corrected chi connectivity index (χ2v) is 4.26. The Bertz CT molecular complexity index is 668. The van der Waals surface area contributed by atoms with E-state index in [0.29, 0.717) is 5.69 Å². The van der Waals surface area contributed by atoms with Crippen LogP contribution in [0.15, 0.2) is 43.0 Å². The molecule has 0 spiro atoms. The van der Waals surface area contributed by atoms with Gasteiger partial charge >= 0.3 is 0 Å². The molecule has 6 nitrogen and oxygen atoms in total. The molecule has 0 aliphatic rings. The van der Waals surface area contributed by atoms with E-state index in [0.717, 1.165) is 11.5 Å². The molecule has 1 unspecified atom stereocenters. The molecule has 0 bridgehead atoms. The van der Waals surface area contributed by atoms with Crippen molar-refractivity contribution in [3.63, 3.8) is 0 Å². The van der Waals surface area contributed by atoms with E-state index < -0.39 is 0 Å². The third kappa shape index (κ3) is 2.20. The quantitative estimate of drug-likeness (QED) is 0.745. The van der Waals surface area contributed by atoms with Crippen LogP contribution in [0, 0.1) is 0 Å². The van der Waals surface area contributed by atoms with Gasteiger partial charge in [-0.15, -0.1) is 0 Å². The molecule has 3 heterocycles. The second-order valence-electron chi connectivity index (χ2n) is 4.26. The Balaban J connectivity index is 1.80. The summed E-state index contributed by atoms with van der Waals surface area (Å²) >= 11 is 0. The average molecular weight is 255 g/mol. The standard InChI is InChI=1S/C13H13N5O/c1-9(12-14-5-6-15-12)16-13(19)10-8-18-7-3-2-4-11(18)17-10/h2-9H,1H3,(H,14,15)(H,16,19). The lowest BCUT2D eigenvalue weighted by molar-refractivity contribution is 0.0934. The van der Waals surface area contributed by atoms with Crippen LogP contribution in [0.25, 0.3) is 5.65 Å². The first-order chi connectivity index (χ1) is 9.24. The van der Waals surface area contributed by atoms with Crippen molar-refractivity contribution < 1.29 is 4.79 Å². The maximum atomic E-state index is 12.1. The summed E-state index contributed by atoms with van der Waals surface area (Å²) in [6, 6.07) is 5.44. The van der Waals surface area contributed by atoms with Gasteiger partial charge in [0, 0.05) is 24.8 Å². The van der Waals surface area contributed by atoms with Crippen LogP contribution in [0.3, 0.4) is 0 Å². The molecule has 0 saturated heterocycles. The lowest BCUT2D eigenvalue weighted by atomic mass is 10.3. The topological polar surface area (TPSA) is 75.1 Å². The Hall–Kier alpha value is -2.63. The summed E-state index contributed by atoms with van der Waals surface area (Å²) in [6.45, 7) is 1.87. The van der Waals surface area contributed by atoms with Crippen LogP contribution >= 0.6 is 0 Å². The minimum absolute atomic E-state index is 0.188. The predicted octanol–water partition coefficient (Wildman–Crippen LogP) is 1.55. The molecule has 6 heteroatoms. The fourth-order valence-corrected chi connectivity index (χ4v) is 1.90. The van der Waals surface area contributed by atoms with Gasteiger partial charge in [-0.2, -0.15) is 0 Å². The van der Waals surface area contributed by atoms with E-state index in [2.05, 4.69) is 20.3 Å². The van der Waals surface area contributed by atoms with E-state index in [4.69, 9.17) is 0 Å². The first-order valence-corrected chi connectivity index (χ1v) is 5.98. The summed E-state index contributed by atoms with van der Waals surface area (Å²) in [5.41, 5.74) is 1.14. The highest BCUT2D eigenvalue weighted by atomic mass is 16.2. The average Bonchev–Trinajstić information content (AvgIpc) is 3.07. The Labute approximate surface area is 109 Å². The van der Waals surface area contributed by atoms with Gasteiger partial charge in [0.1, 0.15) is 17.2 Å². The SMILES string of the molecule is CC(NC(=O)c1cn2ccccc2n1)c1ncc[nH]1. The Kier molecular flexibility index (Phi) is 2.75. The highest BCUT2D eigenvalue weighted by Gasteiger charge is 2.15. The van der Waals surface area contributed by atoms with Crippen LogP contribution in [0.4, 0.5) is 0 Å². The Morgan fingerprint density at radius 2 is 2.37 bits per heavy atom. The number of H-pyrrole nitrogens is 1. The lowest BCUT2D eigenvalue weighted by Gasteiger charge is -2.09. The van der Waals surface area contributed by atoms with E-state index >= 15 is 0 Å². The predicted molar refractivity (Wildman–Crippen MR) is 69.7 cm³/mol. The lowest BCUT2D eigenvalue weighted by Crippen LogP contribution is -2.27. The molecule has 1 atom stereocenters. The van der Waals surface area contributed by atoms with Crippen molar-refractivity contribution in [1.82, 2.24) is 24.7 Å². The normalized spacial score (nSPS) is 12.5. The zero-order valence-corrected chi connectivity index (χ0v) is 10.4. The summed E-state index contributed by atoms with van der Waals surface area (Å²) < 4.78 is 1.81.